The first-order valence-electron chi connectivity index (χ1n) is 11.3. The molecule has 3 aromatic rings. The van der Waals surface area contributed by atoms with Gasteiger partial charge in [-0.15, -0.1) is 0 Å². The molecule has 0 aromatic heterocycles. The molecule has 0 heterocycles. The highest BCUT2D eigenvalue weighted by Crippen LogP contribution is 2.25. The molecule has 0 aliphatic carbocycles. The molecule has 0 saturated heterocycles. The minimum Gasteiger partial charge on any atom is -0.357 e. The zero-order valence-electron chi connectivity index (χ0n) is 20.4. The molecule has 0 fully saturated rings. The van der Waals surface area contributed by atoms with E-state index in [9.17, 15) is 18.0 Å². The van der Waals surface area contributed by atoms with Crippen LogP contribution in [0.5, 0.6) is 0 Å². The Hall–Kier alpha value is -3.65. The Morgan fingerprint density at radius 3 is 2.09 bits per heavy atom. The zero-order valence-corrected chi connectivity index (χ0v) is 21.2. The highest BCUT2D eigenvalue weighted by Gasteiger charge is 2.32. The number of carbonyl (C=O) groups excluding carboxylic acids is 2. The fraction of sp³-hybridized carbons (Fsp3) is 0.259. The lowest BCUT2D eigenvalue weighted by Gasteiger charge is -2.32. The van der Waals surface area contributed by atoms with E-state index < -0.39 is 28.5 Å². The molecule has 1 unspecified atom stereocenters. The van der Waals surface area contributed by atoms with Gasteiger partial charge in [-0.3, -0.25) is 13.9 Å². The number of likely N-dealkylation sites (N-methyl/N-ethyl adjacent to an activating group) is 1. The van der Waals surface area contributed by atoms with Crippen LogP contribution in [-0.2, 0) is 26.2 Å². The van der Waals surface area contributed by atoms with Crippen molar-refractivity contribution in [1.29, 1.82) is 0 Å². The predicted molar refractivity (Wildman–Crippen MR) is 137 cm³/mol. The van der Waals surface area contributed by atoms with E-state index in [4.69, 9.17) is 0 Å². The Labute approximate surface area is 207 Å². The molecular weight excluding hydrogens is 462 g/mol. The number of amides is 2. The summed E-state index contributed by atoms with van der Waals surface area (Å²) in [5.74, 6) is -0.816. The van der Waals surface area contributed by atoms with E-state index >= 15 is 0 Å². The molecule has 1 atom stereocenters. The zero-order chi connectivity index (χ0) is 25.6. The maximum absolute atomic E-state index is 13.7. The van der Waals surface area contributed by atoms with Crippen molar-refractivity contribution in [1.82, 2.24) is 10.2 Å². The minimum absolute atomic E-state index is 0.0816. The lowest BCUT2D eigenvalue weighted by molar-refractivity contribution is -0.139. The predicted octanol–water partition coefficient (Wildman–Crippen LogP) is 3.66. The lowest BCUT2D eigenvalue weighted by atomic mass is 10.1. The van der Waals surface area contributed by atoms with Crippen LogP contribution in [0.4, 0.5) is 5.69 Å². The van der Waals surface area contributed by atoms with Gasteiger partial charge in [0.25, 0.3) is 10.0 Å². The van der Waals surface area contributed by atoms with Crippen molar-refractivity contribution in [3.8, 4) is 0 Å². The maximum atomic E-state index is 13.7. The molecule has 0 aliphatic heterocycles. The smallest absolute Gasteiger partial charge is 0.264 e. The van der Waals surface area contributed by atoms with Crippen molar-refractivity contribution in [3.63, 3.8) is 0 Å². The van der Waals surface area contributed by atoms with Gasteiger partial charge in [0, 0.05) is 13.6 Å². The molecule has 7 nitrogen and oxygen atoms in total. The van der Waals surface area contributed by atoms with Crippen molar-refractivity contribution >= 4 is 27.5 Å². The van der Waals surface area contributed by atoms with E-state index in [-0.39, 0.29) is 17.3 Å². The van der Waals surface area contributed by atoms with Gasteiger partial charge in [-0.1, -0.05) is 60.2 Å². The number of anilines is 1. The van der Waals surface area contributed by atoms with Gasteiger partial charge in [0.2, 0.25) is 11.8 Å². The van der Waals surface area contributed by atoms with Crippen LogP contribution < -0.4 is 9.62 Å². The van der Waals surface area contributed by atoms with Crippen molar-refractivity contribution in [2.24, 2.45) is 0 Å². The second kappa shape index (κ2) is 11.2. The van der Waals surface area contributed by atoms with E-state index in [1.807, 2.05) is 38.1 Å². The van der Waals surface area contributed by atoms with Gasteiger partial charge in [0.1, 0.15) is 12.6 Å². The number of aryl methyl sites for hydroxylation is 2. The van der Waals surface area contributed by atoms with Crippen LogP contribution in [0.2, 0.25) is 0 Å². The average molecular weight is 494 g/mol. The summed E-state index contributed by atoms with van der Waals surface area (Å²) in [5, 5.41) is 2.58. The van der Waals surface area contributed by atoms with E-state index in [2.05, 4.69) is 5.32 Å². The van der Waals surface area contributed by atoms with Gasteiger partial charge >= 0.3 is 0 Å². The third-order valence-corrected chi connectivity index (χ3v) is 7.74. The molecule has 184 valence electrons. The number of hydrogen-bond donors (Lipinski definition) is 1. The first-order chi connectivity index (χ1) is 16.6. The quantitative estimate of drug-likeness (QED) is 0.493. The molecule has 3 aromatic carbocycles. The molecule has 0 bridgehead atoms. The largest absolute Gasteiger partial charge is 0.357 e. The summed E-state index contributed by atoms with van der Waals surface area (Å²) < 4.78 is 28.4. The molecule has 1 N–H and O–H groups in total. The van der Waals surface area contributed by atoms with Crippen LogP contribution in [0.3, 0.4) is 0 Å². The molecule has 0 spiro atoms. The third kappa shape index (κ3) is 6.08. The van der Waals surface area contributed by atoms with Crippen molar-refractivity contribution in [3.05, 3.63) is 95.6 Å². The lowest BCUT2D eigenvalue weighted by Crippen LogP contribution is -2.50. The summed E-state index contributed by atoms with van der Waals surface area (Å²) in [4.78, 5) is 27.7. The Morgan fingerprint density at radius 1 is 0.886 bits per heavy atom. The third-order valence-electron chi connectivity index (χ3n) is 5.95. The van der Waals surface area contributed by atoms with E-state index in [0.29, 0.717) is 5.69 Å². The highest BCUT2D eigenvalue weighted by atomic mass is 32.2. The Kier molecular flexibility index (Phi) is 8.30. The number of benzene rings is 3. The molecule has 0 saturated carbocycles. The fourth-order valence-corrected chi connectivity index (χ4v) is 5.16. The van der Waals surface area contributed by atoms with Crippen LogP contribution >= 0.6 is 0 Å². The number of nitrogens with one attached hydrogen (secondary N) is 1. The summed E-state index contributed by atoms with van der Waals surface area (Å²) in [6.07, 6.45) is 0. The standard InChI is InChI=1S/C27H31N3O4S/c1-20-14-16-24(17-15-20)30(35(33,34)25-12-6-5-7-13-25)19-26(31)29(22(3)27(32)28-4)18-23-11-9-8-10-21(23)2/h5-17,22H,18-19H2,1-4H3,(H,28,32). The van der Waals surface area contributed by atoms with Gasteiger partial charge in [0.05, 0.1) is 10.6 Å². The highest BCUT2D eigenvalue weighted by molar-refractivity contribution is 7.92. The summed E-state index contributed by atoms with van der Waals surface area (Å²) in [6, 6.07) is 21.8. The summed E-state index contributed by atoms with van der Waals surface area (Å²) in [5.41, 5.74) is 3.19. The van der Waals surface area contributed by atoms with E-state index in [1.54, 1.807) is 49.4 Å². The Morgan fingerprint density at radius 2 is 1.49 bits per heavy atom. The molecule has 0 radical (unpaired) electrons. The first-order valence-corrected chi connectivity index (χ1v) is 12.8. The van der Waals surface area contributed by atoms with Crippen molar-refractivity contribution < 1.29 is 18.0 Å². The molecule has 35 heavy (non-hydrogen) atoms. The number of rotatable bonds is 9. The van der Waals surface area contributed by atoms with E-state index in [1.165, 1.54) is 24.1 Å². The van der Waals surface area contributed by atoms with Gasteiger partial charge in [0.15, 0.2) is 0 Å². The second-order valence-corrected chi connectivity index (χ2v) is 10.3. The fourth-order valence-electron chi connectivity index (χ4n) is 3.72. The van der Waals surface area contributed by atoms with Crippen LogP contribution in [0.25, 0.3) is 0 Å². The number of nitrogens with zero attached hydrogens (tertiary/aromatic N) is 2. The molecule has 8 heteroatoms. The number of carbonyl (C=O) groups is 2. The monoisotopic (exact) mass is 493 g/mol. The molecule has 3 rings (SSSR count). The first kappa shape index (κ1) is 26.0. The Balaban J connectivity index is 2.02. The SMILES string of the molecule is CNC(=O)C(C)N(Cc1ccccc1C)C(=O)CN(c1ccc(C)cc1)S(=O)(=O)c1ccccc1. The molecule has 0 aliphatic rings. The van der Waals surface area contributed by atoms with Crippen molar-refractivity contribution in [2.75, 3.05) is 17.9 Å². The maximum Gasteiger partial charge on any atom is 0.264 e. The number of sulfonamides is 1. The van der Waals surface area contributed by atoms with E-state index in [0.717, 1.165) is 21.0 Å². The van der Waals surface area contributed by atoms with Crippen LogP contribution in [0.1, 0.15) is 23.6 Å². The summed E-state index contributed by atoms with van der Waals surface area (Å²) in [7, 11) is -2.54. The van der Waals surface area contributed by atoms with Crippen molar-refractivity contribution in [2.45, 2.75) is 38.3 Å². The minimum atomic E-state index is -4.04. The Bertz CT molecular complexity index is 1280. The summed E-state index contributed by atoms with van der Waals surface area (Å²) in [6.45, 7) is 5.19. The van der Waals surface area contributed by atoms with Crippen LogP contribution in [0, 0.1) is 13.8 Å². The van der Waals surface area contributed by atoms with Crippen LogP contribution in [0.15, 0.2) is 83.8 Å². The van der Waals surface area contributed by atoms with Gasteiger partial charge in [-0.25, -0.2) is 8.42 Å². The van der Waals surface area contributed by atoms with Gasteiger partial charge in [-0.05, 0) is 56.2 Å². The average Bonchev–Trinajstić information content (AvgIpc) is 2.86. The topological polar surface area (TPSA) is 86.8 Å². The molecular formula is C27H31N3O4S. The van der Waals surface area contributed by atoms with Gasteiger partial charge < -0.3 is 10.2 Å². The number of hydrogen-bond acceptors (Lipinski definition) is 4. The molecule has 2 amide bonds. The van der Waals surface area contributed by atoms with Crippen LogP contribution in [-0.4, -0.2) is 44.8 Å². The second-order valence-electron chi connectivity index (χ2n) is 8.40. The normalized spacial score (nSPS) is 12.0. The summed E-state index contributed by atoms with van der Waals surface area (Å²) >= 11 is 0. The van der Waals surface area contributed by atoms with Gasteiger partial charge in [-0.2, -0.15) is 0 Å².